The Hall–Kier alpha value is -1.90. The van der Waals surface area contributed by atoms with E-state index in [1.54, 1.807) is 0 Å². The molecule has 0 bridgehead atoms. The highest BCUT2D eigenvalue weighted by molar-refractivity contribution is 5.66. The number of aryl methyl sites for hydroxylation is 3. The van der Waals surface area contributed by atoms with Gasteiger partial charge in [0.1, 0.15) is 5.82 Å². The molecule has 0 saturated carbocycles. The minimum atomic E-state index is 0.814. The van der Waals surface area contributed by atoms with Gasteiger partial charge in [0.15, 0.2) is 5.82 Å². The maximum atomic E-state index is 4.69. The Bertz CT molecular complexity index is 583. The zero-order valence-electron chi connectivity index (χ0n) is 12.3. The lowest BCUT2D eigenvalue weighted by atomic mass is 10.0. The molecule has 0 aliphatic rings. The molecule has 100 valence electrons. The fourth-order valence-corrected chi connectivity index (χ4v) is 2.51. The van der Waals surface area contributed by atoms with Crippen LogP contribution < -0.4 is 5.32 Å². The van der Waals surface area contributed by atoms with Crippen LogP contribution in [0.15, 0.2) is 18.2 Å². The van der Waals surface area contributed by atoms with Crippen LogP contribution in [0.25, 0.3) is 11.4 Å². The van der Waals surface area contributed by atoms with Crippen molar-refractivity contribution in [3.05, 3.63) is 40.6 Å². The van der Waals surface area contributed by atoms with E-state index in [1.165, 1.54) is 16.7 Å². The first-order valence-electron chi connectivity index (χ1n) is 6.70. The van der Waals surface area contributed by atoms with Gasteiger partial charge < -0.3 is 5.32 Å². The lowest BCUT2D eigenvalue weighted by Gasteiger charge is -2.14. The van der Waals surface area contributed by atoms with Crippen LogP contribution in [0.3, 0.4) is 0 Å². The normalized spacial score (nSPS) is 10.6. The maximum Gasteiger partial charge on any atom is 0.162 e. The average Bonchev–Trinajstić information content (AvgIpc) is 2.37. The number of aromatic nitrogens is 2. The number of hydrogen-bond donors (Lipinski definition) is 1. The highest BCUT2D eigenvalue weighted by atomic mass is 15.0. The van der Waals surface area contributed by atoms with Crippen molar-refractivity contribution in [2.75, 3.05) is 12.4 Å². The topological polar surface area (TPSA) is 37.8 Å². The van der Waals surface area contributed by atoms with Gasteiger partial charge in [-0.3, -0.25) is 0 Å². The van der Waals surface area contributed by atoms with Crippen molar-refractivity contribution in [2.45, 2.75) is 34.1 Å². The first kappa shape index (κ1) is 13.5. The van der Waals surface area contributed by atoms with Crippen molar-refractivity contribution < 1.29 is 0 Å². The van der Waals surface area contributed by atoms with Gasteiger partial charge in [-0.05, 0) is 38.3 Å². The fourth-order valence-electron chi connectivity index (χ4n) is 2.51. The van der Waals surface area contributed by atoms with Crippen LogP contribution in [0.4, 0.5) is 5.82 Å². The van der Waals surface area contributed by atoms with Crippen molar-refractivity contribution in [3.8, 4) is 11.4 Å². The summed E-state index contributed by atoms with van der Waals surface area (Å²) in [6.07, 6.45) is 0.940. The van der Waals surface area contributed by atoms with Gasteiger partial charge in [0, 0.05) is 23.9 Å². The lowest BCUT2D eigenvalue weighted by Crippen LogP contribution is -2.06. The van der Waals surface area contributed by atoms with Gasteiger partial charge in [-0.1, -0.05) is 25.1 Å². The number of anilines is 1. The van der Waals surface area contributed by atoms with Gasteiger partial charge in [0.05, 0.1) is 0 Å². The molecule has 0 aliphatic heterocycles. The Morgan fingerprint density at radius 1 is 1.05 bits per heavy atom. The molecule has 1 N–H and O–H groups in total. The van der Waals surface area contributed by atoms with Crippen LogP contribution in [0.1, 0.15) is 29.3 Å². The summed E-state index contributed by atoms with van der Waals surface area (Å²) in [7, 11) is 1.91. The van der Waals surface area contributed by atoms with Gasteiger partial charge in [-0.15, -0.1) is 0 Å². The van der Waals surface area contributed by atoms with E-state index in [2.05, 4.69) is 51.2 Å². The zero-order valence-corrected chi connectivity index (χ0v) is 12.3. The maximum absolute atomic E-state index is 4.69. The minimum Gasteiger partial charge on any atom is -0.373 e. The molecule has 2 rings (SSSR count). The third kappa shape index (κ3) is 2.46. The van der Waals surface area contributed by atoms with Gasteiger partial charge in [-0.2, -0.15) is 0 Å². The standard InChI is InChI=1S/C16H21N3/c1-6-13-12(4)18-16(19-15(13)17-5)14-10(2)8-7-9-11(14)3/h7-9H,6H2,1-5H3,(H,17,18,19). The second-order valence-electron chi connectivity index (χ2n) is 4.83. The molecule has 19 heavy (non-hydrogen) atoms. The van der Waals surface area contributed by atoms with E-state index in [1.807, 2.05) is 7.05 Å². The molecule has 0 atom stereocenters. The molecule has 3 nitrogen and oxygen atoms in total. The highest BCUT2D eigenvalue weighted by Gasteiger charge is 2.13. The summed E-state index contributed by atoms with van der Waals surface area (Å²) in [6, 6.07) is 6.28. The van der Waals surface area contributed by atoms with Gasteiger partial charge in [0.25, 0.3) is 0 Å². The molecule has 0 saturated heterocycles. The van der Waals surface area contributed by atoms with Crippen molar-refractivity contribution in [3.63, 3.8) is 0 Å². The third-order valence-electron chi connectivity index (χ3n) is 3.51. The predicted molar refractivity (Wildman–Crippen MR) is 80.6 cm³/mol. The zero-order chi connectivity index (χ0) is 14.0. The second kappa shape index (κ2) is 5.39. The number of benzene rings is 1. The van der Waals surface area contributed by atoms with E-state index in [-0.39, 0.29) is 0 Å². The van der Waals surface area contributed by atoms with E-state index in [9.17, 15) is 0 Å². The third-order valence-corrected chi connectivity index (χ3v) is 3.51. The molecular weight excluding hydrogens is 234 g/mol. The smallest absolute Gasteiger partial charge is 0.162 e. The lowest BCUT2D eigenvalue weighted by molar-refractivity contribution is 0.999. The fraction of sp³-hybridized carbons (Fsp3) is 0.375. The molecule has 3 heteroatoms. The van der Waals surface area contributed by atoms with Crippen LogP contribution in [0, 0.1) is 20.8 Å². The largest absolute Gasteiger partial charge is 0.373 e. The van der Waals surface area contributed by atoms with Crippen LogP contribution in [-0.4, -0.2) is 17.0 Å². The molecule has 0 fully saturated rings. The molecule has 0 unspecified atom stereocenters. The summed E-state index contributed by atoms with van der Waals surface area (Å²) >= 11 is 0. The Balaban J connectivity index is 2.67. The number of nitrogens with one attached hydrogen (secondary N) is 1. The Morgan fingerprint density at radius 2 is 1.68 bits per heavy atom. The van der Waals surface area contributed by atoms with E-state index in [0.717, 1.165) is 29.3 Å². The number of hydrogen-bond acceptors (Lipinski definition) is 3. The second-order valence-corrected chi connectivity index (χ2v) is 4.83. The van der Waals surface area contributed by atoms with Gasteiger partial charge in [0.2, 0.25) is 0 Å². The van der Waals surface area contributed by atoms with Crippen LogP contribution in [-0.2, 0) is 6.42 Å². The Labute approximate surface area is 115 Å². The van der Waals surface area contributed by atoms with Crippen LogP contribution in [0.5, 0.6) is 0 Å². The van der Waals surface area contributed by atoms with Crippen LogP contribution in [0.2, 0.25) is 0 Å². The highest BCUT2D eigenvalue weighted by Crippen LogP contribution is 2.27. The minimum absolute atomic E-state index is 0.814. The van der Waals surface area contributed by atoms with Gasteiger partial charge >= 0.3 is 0 Å². The van der Waals surface area contributed by atoms with Crippen LogP contribution >= 0.6 is 0 Å². The Kier molecular flexibility index (Phi) is 3.84. The number of nitrogens with zero attached hydrogens (tertiary/aromatic N) is 2. The predicted octanol–water partition coefficient (Wildman–Crippen LogP) is 3.67. The Morgan fingerprint density at radius 3 is 2.21 bits per heavy atom. The van der Waals surface area contributed by atoms with Crippen molar-refractivity contribution >= 4 is 5.82 Å². The molecular formula is C16H21N3. The van der Waals surface area contributed by atoms with Crippen molar-refractivity contribution in [1.29, 1.82) is 0 Å². The summed E-state index contributed by atoms with van der Waals surface area (Å²) in [6.45, 7) is 8.39. The average molecular weight is 255 g/mol. The SMILES string of the molecule is CCc1c(C)nc(-c2c(C)cccc2C)nc1NC. The summed E-state index contributed by atoms with van der Waals surface area (Å²) < 4.78 is 0. The monoisotopic (exact) mass is 255 g/mol. The van der Waals surface area contributed by atoms with Gasteiger partial charge in [-0.25, -0.2) is 9.97 Å². The number of rotatable bonds is 3. The first-order valence-corrected chi connectivity index (χ1v) is 6.70. The molecule has 0 spiro atoms. The summed E-state index contributed by atoms with van der Waals surface area (Å²) in [5, 5.41) is 3.19. The van der Waals surface area contributed by atoms with Crippen molar-refractivity contribution in [1.82, 2.24) is 9.97 Å². The molecule has 2 aromatic rings. The quantitative estimate of drug-likeness (QED) is 0.909. The van der Waals surface area contributed by atoms with E-state index in [4.69, 9.17) is 9.97 Å². The molecule has 0 radical (unpaired) electrons. The van der Waals surface area contributed by atoms with E-state index in [0.29, 0.717) is 0 Å². The summed E-state index contributed by atoms with van der Waals surface area (Å²) in [5.74, 6) is 1.75. The molecule has 0 aliphatic carbocycles. The van der Waals surface area contributed by atoms with E-state index >= 15 is 0 Å². The molecule has 1 heterocycles. The summed E-state index contributed by atoms with van der Waals surface area (Å²) in [4.78, 5) is 9.39. The molecule has 0 amide bonds. The first-order chi connectivity index (χ1) is 9.08. The van der Waals surface area contributed by atoms with Crippen molar-refractivity contribution in [2.24, 2.45) is 0 Å². The molecule has 1 aromatic heterocycles. The molecule has 1 aromatic carbocycles. The summed E-state index contributed by atoms with van der Waals surface area (Å²) in [5.41, 5.74) is 5.82. The van der Waals surface area contributed by atoms with E-state index < -0.39 is 0 Å².